The largest absolute Gasteiger partial charge is 0.337 e. The fourth-order valence-electron chi connectivity index (χ4n) is 2.73. The molecule has 0 atom stereocenters. The van der Waals surface area contributed by atoms with Gasteiger partial charge < -0.3 is 5.32 Å². The molecule has 2 N–H and O–H groups in total. The van der Waals surface area contributed by atoms with E-state index in [4.69, 9.17) is 0 Å². The molecule has 0 aliphatic rings. The Bertz CT molecular complexity index is 1320. The molecule has 9 heteroatoms. The highest BCUT2D eigenvalue weighted by molar-refractivity contribution is 9.11. The molecule has 0 aliphatic heterocycles. The summed E-state index contributed by atoms with van der Waals surface area (Å²) in [5.74, 6) is 0.484. The number of fused-ring (bicyclic) bond motifs is 1. The predicted octanol–water partition coefficient (Wildman–Crippen LogP) is 5.62. The highest BCUT2D eigenvalue weighted by atomic mass is 79.9. The van der Waals surface area contributed by atoms with E-state index in [1.807, 2.05) is 50.2 Å². The van der Waals surface area contributed by atoms with Crippen LogP contribution in [-0.4, -0.2) is 18.4 Å². The molecule has 0 unspecified atom stereocenters. The number of anilines is 3. The lowest BCUT2D eigenvalue weighted by Crippen LogP contribution is -2.15. The molecule has 2 aromatic heterocycles. The van der Waals surface area contributed by atoms with Gasteiger partial charge in [-0.05, 0) is 77.3 Å². The first-order valence-electron chi connectivity index (χ1n) is 8.71. The van der Waals surface area contributed by atoms with Crippen molar-refractivity contribution in [3.63, 3.8) is 0 Å². The fourth-order valence-corrected chi connectivity index (χ4v) is 5.75. The number of nitrogens with zero attached hydrogens (tertiary/aromatic N) is 2. The van der Waals surface area contributed by atoms with Gasteiger partial charge in [0.2, 0.25) is 0 Å². The summed E-state index contributed by atoms with van der Waals surface area (Å²) in [7, 11) is -3.79. The Morgan fingerprint density at radius 1 is 0.897 bits per heavy atom. The molecular weight excluding hydrogens is 472 g/mol. The van der Waals surface area contributed by atoms with E-state index in [0.29, 0.717) is 16.9 Å². The smallest absolute Gasteiger partial charge is 0.272 e. The second-order valence-electron chi connectivity index (χ2n) is 6.50. The quantitative estimate of drug-likeness (QED) is 0.381. The van der Waals surface area contributed by atoms with Crippen LogP contribution in [0.4, 0.5) is 17.3 Å². The van der Waals surface area contributed by atoms with E-state index in [-0.39, 0.29) is 10.0 Å². The van der Waals surface area contributed by atoms with Gasteiger partial charge in [0.1, 0.15) is 4.21 Å². The zero-order valence-electron chi connectivity index (χ0n) is 15.6. The first kappa shape index (κ1) is 19.8. The summed E-state index contributed by atoms with van der Waals surface area (Å²) >= 11 is 4.43. The van der Waals surface area contributed by atoms with Gasteiger partial charge in [-0.15, -0.1) is 11.3 Å². The van der Waals surface area contributed by atoms with E-state index in [1.54, 1.807) is 18.2 Å². The minimum Gasteiger partial charge on any atom is -0.337 e. The van der Waals surface area contributed by atoms with Crippen LogP contribution in [0.5, 0.6) is 0 Å². The number of rotatable bonds is 5. The molecular formula is C20H17BrN4O2S2. The van der Waals surface area contributed by atoms with Gasteiger partial charge in [-0.2, -0.15) is 0 Å². The second-order valence-corrected chi connectivity index (χ2v) is 10.9. The maximum absolute atomic E-state index is 12.8. The number of aryl methyl sites for hydroxylation is 2. The Balaban J connectivity index is 1.78. The van der Waals surface area contributed by atoms with Gasteiger partial charge in [0.15, 0.2) is 11.6 Å². The van der Waals surface area contributed by atoms with Gasteiger partial charge in [-0.1, -0.05) is 18.2 Å². The summed E-state index contributed by atoms with van der Waals surface area (Å²) in [4.78, 5) is 9.11. The highest BCUT2D eigenvalue weighted by Crippen LogP contribution is 2.31. The maximum atomic E-state index is 12.8. The monoisotopic (exact) mass is 488 g/mol. The fraction of sp³-hybridized carbons (Fsp3) is 0.100. The molecule has 148 valence electrons. The van der Waals surface area contributed by atoms with Crippen LogP contribution < -0.4 is 10.0 Å². The van der Waals surface area contributed by atoms with Crippen molar-refractivity contribution in [2.24, 2.45) is 0 Å². The van der Waals surface area contributed by atoms with Crippen molar-refractivity contribution >= 4 is 65.6 Å². The molecule has 0 saturated heterocycles. The van der Waals surface area contributed by atoms with Gasteiger partial charge in [-0.3, -0.25) is 4.72 Å². The third-order valence-electron chi connectivity index (χ3n) is 4.38. The number of benzene rings is 2. The van der Waals surface area contributed by atoms with E-state index >= 15 is 0 Å². The van der Waals surface area contributed by atoms with Gasteiger partial charge in [0, 0.05) is 5.69 Å². The number of hydrogen-bond acceptors (Lipinski definition) is 6. The lowest BCUT2D eigenvalue weighted by molar-refractivity contribution is 0.603. The van der Waals surface area contributed by atoms with Crippen LogP contribution in [0.25, 0.3) is 11.0 Å². The molecule has 0 spiro atoms. The van der Waals surface area contributed by atoms with Crippen LogP contribution in [0.15, 0.2) is 62.6 Å². The number of nitrogens with one attached hydrogen (secondary N) is 2. The van der Waals surface area contributed by atoms with Crippen LogP contribution in [0.1, 0.15) is 11.1 Å². The van der Waals surface area contributed by atoms with Crippen molar-refractivity contribution in [1.29, 1.82) is 0 Å². The molecule has 0 bridgehead atoms. The molecule has 4 rings (SSSR count). The van der Waals surface area contributed by atoms with E-state index < -0.39 is 10.0 Å². The average molecular weight is 489 g/mol. The SMILES string of the molecule is Cc1ccc(Nc2nc3ccccc3nc2NS(=O)(=O)c2ccc(Br)s2)cc1C. The van der Waals surface area contributed by atoms with Crippen molar-refractivity contribution in [2.75, 3.05) is 10.0 Å². The van der Waals surface area contributed by atoms with Crippen molar-refractivity contribution in [2.45, 2.75) is 18.1 Å². The Labute approximate surface area is 181 Å². The normalized spacial score (nSPS) is 11.6. The van der Waals surface area contributed by atoms with Crippen LogP contribution in [-0.2, 0) is 10.0 Å². The third-order valence-corrected chi connectivity index (χ3v) is 7.84. The van der Waals surface area contributed by atoms with Gasteiger partial charge in [0.05, 0.1) is 14.8 Å². The molecule has 0 radical (unpaired) electrons. The number of para-hydroxylation sites is 2. The molecule has 29 heavy (non-hydrogen) atoms. The van der Waals surface area contributed by atoms with Crippen LogP contribution >= 0.6 is 27.3 Å². The molecule has 0 amide bonds. The van der Waals surface area contributed by atoms with Crippen molar-refractivity contribution in [3.05, 3.63) is 69.5 Å². The van der Waals surface area contributed by atoms with E-state index in [9.17, 15) is 8.42 Å². The minimum atomic E-state index is -3.79. The van der Waals surface area contributed by atoms with Crippen LogP contribution in [0.3, 0.4) is 0 Å². The summed E-state index contributed by atoms with van der Waals surface area (Å²) in [6.45, 7) is 4.05. The molecule has 0 fully saturated rings. The Hall–Kier alpha value is -2.49. The molecule has 2 aromatic carbocycles. The average Bonchev–Trinajstić information content (AvgIpc) is 3.12. The molecule has 0 aliphatic carbocycles. The zero-order chi connectivity index (χ0) is 20.6. The van der Waals surface area contributed by atoms with E-state index in [1.165, 1.54) is 5.56 Å². The van der Waals surface area contributed by atoms with E-state index in [2.05, 4.69) is 35.9 Å². The topological polar surface area (TPSA) is 84.0 Å². The number of thiophene rings is 1. The Morgan fingerprint density at radius 2 is 1.59 bits per heavy atom. The number of halogens is 1. The van der Waals surface area contributed by atoms with Crippen LogP contribution in [0, 0.1) is 13.8 Å². The van der Waals surface area contributed by atoms with Crippen LogP contribution in [0.2, 0.25) is 0 Å². The highest BCUT2D eigenvalue weighted by Gasteiger charge is 2.20. The Kier molecular flexibility index (Phi) is 5.28. The van der Waals surface area contributed by atoms with Gasteiger partial charge >= 0.3 is 0 Å². The summed E-state index contributed by atoms with van der Waals surface area (Å²) in [5, 5.41) is 3.21. The third kappa shape index (κ3) is 4.26. The van der Waals surface area contributed by atoms with Crippen molar-refractivity contribution in [1.82, 2.24) is 9.97 Å². The zero-order valence-corrected chi connectivity index (χ0v) is 18.8. The number of hydrogen-bond donors (Lipinski definition) is 2. The molecule has 6 nitrogen and oxygen atoms in total. The summed E-state index contributed by atoms with van der Waals surface area (Å²) in [6.07, 6.45) is 0. The van der Waals surface area contributed by atoms with E-state index in [0.717, 1.165) is 26.4 Å². The molecule has 2 heterocycles. The first-order chi connectivity index (χ1) is 13.8. The predicted molar refractivity (Wildman–Crippen MR) is 122 cm³/mol. The maximum Gasteiger partial charge on any atom is 0.272 e. The second kappa shape index (κ2) is 7.74. The summed E-state index contributed by atoms with van der Waals surface area (Å²) in [5.41, 5.74) is 4.36. The van der Waals surface area contributed by atoms with Crippen molar-refractivity contribution in [3.8, 4) is 0 Å². The lowest BCUT2D eigenvalue weighted by atomic mass is 10.1. The Morgan fingerprint density at radius 3 is 2.21 bits per heavy atom. The standard InChI is InChI=1S/C20H17BrN4O2S2/c1-12-7-8-14(11-13(12)2)22-19-20(24-16-6-4-3-5-15(16)23-19)25-29(26,27)18-10-9-17(21)28-18/h3-11H,1-2H3,(H,22,23)(H,24,25). The van der Waals surface area contributed by atoms with Gasteiger partial charge in [-0.25, -0.2) is 18.4 Å². The summed E-state index contributed by atoms with van der Waals surface area (Å²) < 4.78 is 29.2. The minimum absolute atomic E-state index is 0.145. The number of sulfonamides is 1. The number of aromatic nitrogens is 2. The molecule has 4 aromatic rings. The van der Waals surface area contributed by atoms with Crippen molar-refractivity contribution < 1.29 is 8.42 Å². The molecule has 0 saturated carbocycles. The first-order valence-corrected chi connectivity index (χ1v) is 11.8. The van der Waals surface area contributed by atoms with Gasteiger partial charge in [0.25, 0.3) is 10.0 Å². The lowest BCUT2D eigenvalue weighted by Gasteiger charge is -2.14. The summed E-state index contributed by atoms with van der Waals surface area (Å²) in [6, 6.07) is 16.5.